The number of hydrogen-bond donors (Lipinski definition) is 3. The van der Waals surface area contributed by atoms with E-state index < -0.39 is 41.6 Å². The Labute approximate surface area is 106 Å². The molecule has 0 radical (unpaired) electrons. The smallest absolute Gasteiger partial charge is 0.330 e. The van der Waals surface area contributed by atoms with Crippen molar-refractivity contribution in [2.45, 2.75) is 31.5 Å². The van der Waals surface area contributed by atoms with Crippen molar-refractivity contribution in [3.05, 3.63) is 32.9 Å². The first kappa shape index (κ1) is 14.8. The van der Waals surface area contributed by atoms with Crippen LogP contribution in [0.15, 0.2) is 15.8 Å². The molecule has 0 spiro atoms. The van der Waals surface area contributed by atoms with E-state index in [2.05, 4.69) is 0 Å². The van der Waals surface area contributed by atoms with Crippen LogP contribution in [0, 0.1) is 5.82 Å². The van der Waals surface area contributed by atoms with E-state index >= 15 is 0 Å². The molecule has 0 saturated carbocycles. The van der Waals surface area contributed by atoms with Crippen LogP contribution in [0.4, 0.5) is 4.39 Å². The van der Waals surface area contributed by atoms with Crippen molar-refractivity contribution in [1.82, 2.24) is 9.55 Å². The molecule has 0 bridgehead atoms. The van der Waals surface area contributed by atoms with Crippen LogP contribution in [0.1, 0.15) is 13.2 Å². The van der Waals surface area contributed by atoms with Crippen molar-refractivity contribution >= 4 is 12.4 Å². The third-order valence-electron chi connectivity index (χ3n) is 2.68. The summed E-state index contributed by atoms with van der Waals surface area (Å²) in [4.78, 5) is 24.0. The number of nitrogens with one attached hydrogen (secondary N) is 1. The van der Waals surface area contributed by atoms with Gasteiger partial charge in [-0.3, -0.25) is 14.3 Å². The number of ether oxygens (including phenoxy) is 1. The minimum atomic E-state index is -1.37. The summed E-state index contributed by atoms with van der Waals surface area (Å²) >= 11 is 0. The van der Waals surface area contributed by atoms with Gasteiger partial charge in [0.1, 0.15) is 12.2 Å². The first-order valence-corrected chi connectivity index (χ1v) is 4.94. The Bertz CT molecular complexity index is 544. The highest BCUT2D eigenvalue weighted by Gasteiger charge is 2.41. The highest BCUT2D eigenvalue weighted by Crippen LogP contribution is 2.27. The molecule has 0 amide bonds. The molecule has 0 aromatic carbocycles. The summed E-state index contributed by atoms with van der Waals surface area (Å²) < 4.78 is 18.9. The fraction of sp³-hybridized carbons (Fsp3) is 0.556. The van der Waals surface area contributed by atoms with E-state index in [0.717, 1.165) is 0 Å². The molecule has 1 aliphatic heterocycles. The van der Waals surface area contributed by atoms with E-state index in [4.69, 9.17) is 4.74 Å². The van der Waals surface area contributed by atoms with E-state index in [-0.39, 0.29) is 12.4 Å². The van der Waals surface area contributed by atoms with E-state index in [9.17, 15) is 24.2 Å². The van der Waals surface area contributed by atoms with Crippen LogP contribution in [0.2, 0.25) is 0 Å². The number of aliphatic hydroxyl groups is 2. The maximum absolute atomic E-state index is 13.0. The number of hydrogen-bond acceptors (Lipinski definition) is 5. The maximum Gasteiger partial charge on any atom is 0.330 e. The number of rotatable bonds is 1. The molecule has 2 heterocycles. The second-order valence-electron chi connectivity index (χ2n) is 3.86. The molecule has 7 nitrogen and oxygen atoms in total. The lowest BCUT2D eigenvalue weighted by atomic mass is 10.1. The zero-order valence-electron chi connectivity index (χ0n) is 9.24. The van der Waals surface area contributed by atoms with E-state index in [1.807, 2.05) is 0 Å². The van der Waals surface area contributed by atoms with Crippen molar-refractivity contribution in [3.63, 3.8) is 0 Å². The molecule has 1 aromatic rings. The van der Waals surface area contributed by atoms with Crippen molar-refractivity contribution in [2.75, 3.05) is 0 Å². The summed E-state index contributed by atoms with van der Waals surface area (Å²) in [5.41, 5.74) is -2.06. The zero-order valence-corrected chi connectivity index (χ0v) is 10.1. The van der Waals surface area contributed by atoms with Gasteiger partial charge >= 0.3 is 5.69 Å². The van der Waals surface area contributed by atoms with Gasteiger partial charge in [-0.05, 0) is 6.92 Å². The molecule has 4 atom stereocenters. The number of halogens is 2. The Kier molecular flexibility index (Phi) is 4.28. The molecule has 9 heteroatoms. The molecule has 1 fully saturated rings. The van der Waals surface area contributed by atoms with Crippen molar-refractivity contribution < 1.29 is 19.3 Å². The Morgan fingerprint density at radius 2 is 2.00 bits per heavy atom. The van der Waals surface area contributed by atoms with Crippen LogP contribution in [-0.2, 0) is 4.74 Å². The number of aromatic nitrogens is 2. The van der Waals surface area contributed by atoms with E-state index in [0.29, 0.717) is 10.8 Å². The summed E-state index contributed by atoms with van der Waals surface area (Å²) in [6, 6.07) is 0. The summed E-state index contributed by atoms with van der Waals surface area (Å²) in [5.74, 6) is -1.17. The lowest BCUT2D eigenvalue weighted by molar-refractivity contribution is -0.0356. The Morgan fingerprint density at radius 1 is 1.39 bits per heavy atom. The molecule has 0 unspecified atom stereocenters. The first-order valence-electron chi connectivity index (χ1n) is 4.94. The van der Waals surface area contributed by atoms with Crippen LogP contribution < -0.4 is 11.2 Å². The van der Waals surface area contributed by atoms with Crippen molar-refractivity contribution in [2.24, 2.45) is 0 Å². The number of H-pyrrole nitrogens is 1. The van der Waals surface area contributed by atoms with Crippen molar-refractivity contribution in [1.29, 1.82) is 0 Å². The number of aromatic amines is 1. The van der Waals surface area contributed by atoms with Crippen LogP contribution in [0.5, 0.6) is 0 Å². The highest BCUT2D eigenvalue weighted by atomic mass is 35.5. The molecule has 1 saturated heterocycles. The van der Waals surface area contributed by atoms with E-state index in [1.165, 1.54) is 6.92 Å². The van der Waals surface area contributed by atoms with Crippen LogP contribution >= 0.6 is 12.4 Å². The van der Waals surface area contributed by atoms with E-state index in [1.54, 1.807) is 4.98 Å². The highest BCUT2D eigenvalue weighted by molar-refractivity contribution is 5.85. The Morgan fingerprint density at radius 3 is 2.50 bits per heavy atom. The van der Waals surface area contributed by atoms with Gasteiger partial charge in [0.25, 0.3) is 5.56 Å². The average Bonchev–Trinajstić information content (AvgIpc) is 2.51. The fourth-order valence-corrected chi connectivity index (χ4v) is 1.71. The lowest BCUT2D eigenvalue weighted by Crippen LogP contribution is -2.38. The first-order chi connectivity index (χ1) is 7.91. The average molecular weight is 283 g/mol. The standard InChI is InChI=1S/C9H11FN2O5.ClH/c1-3-5(13)6(14)8(17-3)12-2-4(10)7(15)11-9(12)16;/h2-3,5-6,8,13-14H,1H3,(H,11,15,16);1H/t3-,5-,6-,8-;/m1./s1. The second kappa shape index (κ2) is 5.19. The van der Waals surface area contributed by atoms with Gasteiger partial charge < -0.3 is 14.9 Å². The van der Waals surface area contributed by atoms with Gasteiger partial charge in [0, 0.05) is 0 Å². The van der Waals surface area contributed by atoms with Gasteiger partial charge in [-0.2, -0.15) is 4.39 Å². The second-order valence-corrected chi connectivity index (χ2v) is 3.86. The summed E-state index contributed by atoms with van der Waals surface area (Å²) in [6.45, 7) is 1.50. The summed E-state index contributed by atoms with van der Waals surface area (Å²) in [6.07, 6.45) is -3.83. The van der Waals surface area contributed by atoms with Gasteiger partial charge in [-0.25, -0.2) is 4.79 Å². The molecule has 1 aromatic heterocycles. The predicted octanol–water partition coefficient (Wildman–Crippen LogP) is -1.26. The monoisotopic (exact) mass is 282 g/mol. The molecule has 102 valence electrons. The predicted molar refractivity (Wildman–Crippen MR) is 60.1 cm³/mol. The van der Waals surface area contributed by atoms with Crippen LogP contribution in [-0.4, -0.2) is 38.1 Å². The van der Waals surface area contributed by atoms with Gasteiger partial charge in [-0.15, -0.1) is 12.4 Å². The molecular formula is C9H12ClFN2O5. The minimum absolute atomic E-state index is 0. The molecule has 18 heavy (non-hydrogen) atoms. The summed E-state index contributed by atoms with van der Waals surface area (Å²) in [7, 11) is 0. The topological polar surface area (TPSA) is 105 Å². The molecular weight excluding hydrogens is 271 g/mol. The Hall–Kier alpha value is -1.22. The lowest BCUT2D eigenvalue weighted by Gasteiger charge is -2.16. The molecule has 2 rings (SSSR count). The summed E-state index contributed by atoms with van der Waals surface area (Å²) in [5, 5.41) is 19.1. The number of aliphatic hydroxyl groups excluding tert-OH is 2. The Balaban J connectivity index is 0.00000162. The SMILES string of the molecule is C[C@H]1O[C@@H](n2cc(F)c(=O)[nH]c2=O)[C@H](O)[C@@H]1O.Cl. The third kappa shape index (κ3) is 2.32. The largest absolute Gasteiger partial charge is 0.388 e. The zero-order chi connectivity index (χ0) is 12.7. The minimum Gasteiger partial charge on any atom is -0.388 e. The normalized spacial score (nSPS) is 31.1. The van der Waals surface area contributed by atoms with Gasteiger partial charge in [0.2, 0.25) is 5.82 Å². The van der Waals surface area contributed by atoms with Gasteiger partial charge in [0.05, 0.1) is 12.3 Å². The van der Waals surface area contributed by atoms with Crippen LogP contribution in [0.25, 0.3) is 0 Å². The quantitative estimate of drug-likeness (QED) is 0.596. The molecule has 0 aliphatic carbocycles. The van der Waals surface area contributed by atoms with Gasteiger partial charge in [-0.1, -0.05) is 0 Å². The maximum atomic E-state index is 13.0. The molecule has 1 aliphatic rings. The fourth-order valence-electron chi connectivity index (χ4n) is 1.71. The van der Waals surface area contributed by atoms with Crippen LogP contribution in [0.3, 0.4) is 0 Å². The number of nitrogens with zero attached hydrogens (tertiary/aromatic N) is 1. The van der Waals surface area contributed by atoms with Gasteiger partial charge in [0.15, 0.2) is 6.23 Å². The third-order valence-corrected chi connectivity index (χ3v) is 2.68. The molecule has 3 N–H and O–H groups in total. The van der Waals surface area contributed by atoms with Crippen molar-refractivity contribution in [3.8, 4) is 0 Å².